The molecule has 0 aromatic heterocycles. The van der Waals surface area contributed by atoms with Crippen LogP contribution in [0.5, 0.6) is 0 Å². The molecule has 2 N–H and O–H groups in total. The largest absolute Gasteiger partial charge is 0.397 e. The molecule has 3 aromatic rings. The van der Waals surface area contributed by atoms with E-state index in [1.165, 1.54) is 58.3 Å². The molecule has 1 aliphatic carbocycles. The van der Waals surface area contributed by atoms with Gasteiger partial charge in [0.2, 0.25) is 0 Å². The van der Waals surface area contributed by atoms with Gasteiger partial charge in [-0.1, -0.05) is 54.6 Å². The van der Waals surface area contributed by atoms with Gasteiger partial charge in [-0.3, -0.25) is 0 Å². The predicted molar refractivity (Wildman–Crippen MR) is 111 cm³/mol. The van der Waals surface area contributed by atoms with Gasteiger partial charge in [0.25, 0.3) is 0 Å². The third-order valence-corrected chi connectivity index (χ3v) is 5.89. The maximum Gasteiger partial charge on any atom is 0.0609 e. The van der Waals surface area contributed by atoms with Crippen molar-refractivity contribution in [3.63, 3.8) is 0 Å². The van der Waals surface area contributed by atoms with E-state index in [2.05, 4.69) is 65.6 Å². The zero-order chi connectivity index (χ0) is 17.5. The molecule has 0 atom stereocenters. The van der Waals surface area contributed by atoms with Gasteiger partial charge in [0.05, 0.1) is 11.4 Å². The van der Waals surface area contributed by atoms with Crippen LogP contribution in [-0.4, -0.2) is 13.1 Å². The summed E-state index contributed by atoms with van der Waals surface area (Å²) in [7, 11) is 0. The van der Waals surface area contributed by atoms with Gasteiger partial charge in [-0.2, -0.15) is 0 Å². The monoisotopic (exact) mass is 340 g/mol. The molecule has 0 unspecified atom stereocenters. The lowest BCUT2D eigenvalue weighted by molar-refractivity contribution is 0.578. The molecule has 1 aliphatic heterocycles. The van der Waals surface area contributed by atoms with E-state index in [-0.39, 0.29) is 0 Å². The molecule has 1 fully saturated rings. The first-order valence-electron chi connectivity index (χ1n) is 9.67. The SMILES string of the molecule is Nc1c(N2CCCCC2)cc(-c2ccccc2)c2c1Cc1ccccc1-2. The van der Waals surface area contributed by atoms with Crippen molar-refractivity contribution in [3.05, 3.63) is 71.8 Å². The van der Waals surface area contributed by atoms with E-state index < -0.39 is 0 Å². The summed E-state index contributed by atoms with van der Waals surface area (Å²) in [4.78, 5) is 2.49. The van der Waals surface area contributed by atoms with Crippen LogP contribution in [0.1, 0.15) is 30.4 Å². The summed E-state index contributed by atoms with van der Waals surface area (Å²) in [6, 6.07) is 21.9. The number of nitrogens with two attached hydrogens (primary N) is 1. The molecule has 0 amide bonds. The van der Waals surface area contributed by atoms with Gasteiger partial charge in [-0.15, -0.1) is 0 Å². The lowest BCUT2D eigenvalue weighted by atomic mass is 9.91. The normalized spacial score (nSPS) is 15.6. The molecule has 5 rings (SSSR count). The van der Waals surface area contributed by atoms with E-state index in [0.717, 1.165) is 25.2 Å². The van der Waals surface area contributed by atoms with Gasteiger partial charge in [0, 0.05) is 19.5 Å². The van der Waals surface area contributed by atoms with Crippen molar-refractivity contribution in [2.24, 2.45) is 0 Å². The smallest absolute Gasteiger partial charge is 0.0609 e. The highest BCUT2D eigenvalue weighted by Gasteiger charge is 2.27. The first-order valence-corrected chi connectivity index (χ1v) is 9.67. The highest BCUT2D eigenvalue weighted by atomic mass is 15.1. The Morgan fingerprint density at radius 1 is 0.769 bits per heavy atom. The molecule has 26 heavy (non-hydrogen) atoms. The summed E-state index contributed by atoms with van der Waals surface area (Å²) < 4.78 is 0. The van der Waals surface area contributed by atoms with Crippen LogP contribution in [0.25, 0.3) is 22.3 Å². The number of nitrogen functional groups attached to an aromatic ring is 1. The van der Waals surface area contributed by atoms with Gasteiger partial charge in [0.15, 0.2) is 0 Å². The highest BCUT2D eigenvalue weighted by Crippen LogP contribution is 2.49. The molecular weight excluding hydrogens is 316 g/mol. The zero-order valence-electron chi connectivity index (χ0n) is 15.0. The summed E-state index contributed by atoms with van der Waals surface area (Å²) in [6.45, 7) is 2.23. The minimum atomic E-state index is 0.943. The number of piperidine rings is 1. The van der Waals surface area contributed by atoms with E-state index in [9.17, 15) is 0 Å². The molecule has 2 heteroatoms. The Morgan fingerprint density at radius 3 is 2.31 bits per heavy atom. The van der Waals surface area contributed by atoms with Crippen molar-refractivity contribution in [1.29, 1.82) is 0 Å². The second-order valence-electron chi connectivity index (χ2n) is 7.46. The Labute approximate surface area is 155 Å². The Kier molecular flexibility index (Phi) is 3.70. The molecule has 2 aliphatic rings. The molecule has 3 aromatic carbocycles. The number of fused-ring (bicyclic) bond motifs is 3. The summed E-state index contributed by atoms with van der Waals surface area (Å²) in [5.74, 6) is 0. The maximum absolute atomic E-state index is 6.75. The topological polar surface area (TPSA) is 29.3 Å². The first-order chi connectivity index (χ1) is 12.8. The van der Waals surface area contributed by atoms with Crippen LogP contribution in [-0.2, 0) is 6.42 Å². The predicted octanol–water partition coefficient (Wildman–Crippen LogP) is 5.50. The van der Waals surface area contributed by atoms with Crippen LogP contribution in [0.3, 0.4) is 0 Å². The minimum absolute atomic E-state index is 0.943. The molecule has 130 valence electrons. The highest BCUT2D eigenvalue weighted by molar-refractivity contribution is 5.97. The quantitative estimate of drug-likeness (QED) is 0.488. The Balaban J connectivity index is 1.76. The first kappa shape index (κ1) is 15.5. The number of rotatable bonds is 2. The Bertz CT molecular complexity index is 953. The molecule has 0 saturated carbocycles. The second kappa shape index (κ2) is 6.21. The lowest BCUT2D eigenvalue weighted by Gasteiger charge is -2.31. The van der Waals surface area contributed by atoms with Crippen molar-refractivity contribution >= 4 is 11.4 Å². The third kappa shape index (κ3) is 2.40. The van der Waals surface area contributed by atoms with Crippen LogP contribution in [0.2, 0.25) is 0 Å². The molecule has 1 saturated heterocycles. The van der Waals surface area contributed by atoms with Crippen LogP contribution < -0.4 is 10.6 Å². The fraction of sp³-hybridized carbons (Fsp3) is 0.250. The molecule has 0 bridgehead atoms. The number of hydrogen-bond acceptors (Lipinski definition) is 2. The molecule has 0 radical (unpaired) electrons. The molecule has 1 heterocycles. The molecule has 2 nitrogen and oxygen atoms in total. The minimum Gasteiger partial charge on any atom is -0.397 e. The van der Waals surface area contributed by atoms with Gasteiger partial charge in [-0.25, -0.2) is 0 Å². The van der Waals surface area contributed by atoms with E-state index in [4.69, 9.17) is 5.73 Å². The van der Waals surface area contributed by atoms with E-state index in [1.54, 1.807) is 0 Å². The van der Waals surface area contributed by atoms with Crippen LogP contribution in [0.4, 0.5) is 11.4 Å². The van der Waals surface area contributed by atoms with Gasteiger partial charge < -0.3 is 10.6 Å². The summed E-state index contributed by atoms with van der Waals surface area (Å²) in [6.07, 6.45) is 4.80. The number of benzene rings is 3. The average Bonchev–Trinajstić information content (AvgIpc) is 3.10. The van der Waals surface area contributed by atoms with Gasteiger partial charge in [0.1, 0.15) is 0 Å². The van der Waals surface area contributed by atoms with Crippen molar-refractivity contribution < 1.29 is 0 Å². The van der Waals surface area contributed by atoms with E-state index in [0.29, 0.717) is 0 Å². The van der Waals surface area contributed by atoms with Crippen molar-refractivity contribution in [3.8, 4) is 22.3 Å². The van der Waals surface area contributed by atoms with Crippen molar-refractivity contribution in [1.82, 2.24) is 0 Å². The maximum atomic E-state index is 6.75. The number of hydrogen-bond donors (Lipinski definition) is 1. The summed E-state index contributed by atoms with van der Waals surface area (Å²) in [5, 5.41) is 0. The van der Waals surface area contributed by atoms with Crippen LogP contribution in [0, 0.1) is 0 Å². The van der Waals surface area contributed by atoms with Crippen molar-refractivity contribution in [2.75, 3.05) is 23.7 Å². The van der Waals surface area contributed by atoms with E-state index in [1.807, 2.05) is 0 Å². The van der Waals surface area contributed by atoms with Gasteiger partial charge in [-0.05, 0) is 58.7 Å². The Morgan fingerprint density at radius 2 is 1.50 bits per heavy atom. The standard InChI is InChI=1S/C24H24N2/c25-24-21-15-18-11-5-6-12-19(18)23(21)20(17-9-3-1-4-10-17)16-22(24)26-13-7-2-8-14-26/h1,3-6,9-12,16H,2,7-8,13-15,25H2. The molecular formula is C24H24N2. The second-order valence-corrected chi connectivity index (χ2v) is 7.46. The third-order valence-electron chi connectivity index (χ3n) is 5.89. The van der Waals surface area contributed by atoms with Crippen LogP contribution >= 0.6 is 0 Å². The Hall–Kier alpha value is -2.74. The van der Waals surface area contributed by atoms with Crippen LogP contribution in [0.15, 0.2) is 60.7 Å². The lowest BCUT2D eigenvalue weighted by Crippen LogP contribution is -2.30. The molecule has 0 spiro atoms. The summed E-state index contributed by atoms with van der Waals surface area (Å²) in [5.41, 5.74) is 16.9. The fourth-order valence-electron chi connectivity index (χ4n) is 4.58. The number of anilines is 2. The van der Waals surface area contributed by atoms with E-state index >= 15 is 0 Å². The van der Waals surface area contributed by atoms with Gasteiger partial charge >= 0.3 is 0 Å². The summed E-state index contributed by atoms with van der Waals surface area (Å²) >= 11 is 0. The fourth-order valence-corrected chi connectivity index (χ4v) is 4.58. The zero-order valence-corrected chi connectivity index (χ0v) is 15.0. The number of nitrogens with zero attached hydrogens (tertiary/aromatic N) is 1. The average molecular weight is 340 g/mol. The van der Waals surface area contributed by atoms with Crippen molar-refractivity contribution in [2.45, 2.75) is 25.7 Å².